The van der Waals surface area contributed by atoms with Crippen LogP contribution in [0, 0.1) is 6.92 Å². The highest BCUT2D eigenvalue weighted by atomic mass is 16.5. The summed E-state index contributed by atoms with van der Waals surface area (Å²) in [5.74, 6) is 0. The molecule has 26 heavy (non-hydrogen) atoms. The smallest absolute Gasteiger partial charge is 0.147 e. The molecule has 0 radical (unpaired) electrons. The van der Waals surface area contributed by atoms with Crippen LogP contribution >= 0.6 is 0 Å². The Labute approximate surface area is 155 Å². The zero-order valence-corrected chi connectivity index (χ0v) is 15.5. The van der Waals surface area contributed by atoms with E-state index in [0.29, 0.717) is 6.10 Å². The Balaban J connectivity index is 1.55. The number of nitrogens with zero attached hydrogens (tertiary/aromatic N) is 1. The molecule has 1 saturated carbocycles. The number of dihydropyridines is 1. The second kappa shape index (κ2) is 7.46. The second-order valence-corrected chi connectivity index (χ2v) is 7.15. The lowest BCUT2D eigenvalue weighted by atomic mass is 9.92. The van der Waals surface area contributed by atoms with Crippen molar-refractivity contribution in [3.8, 4) is 11.1 Å². The summed E-state index contributed by atoms with van der Waals surface area (Å²) in [6.45, 7) is 4.35. The van der Waals surface area contributed by atoms with Crippen molar-refractivity contribution < 1.29 is 4.74 Å². The Kier molecular flexibility index (Phi) is 4.89. The second-order valence-electron chi connectivity index (χ2n) is 7.15. The lowest BCUT2D eigenvalue weighted by Crippen LogP contribution is -2.35. The molecule has 1 aliphatic carbocycles. The van der Waals surface area contributed by atoms with Gasteiger partial charge in [0.2, 0.25) is 0 Å². The normalized spacial score (nSPS) is 19.6. The molecule has 1 unspecified atom stereocenters. The SMILES string of the molecule is CCc1cc(C2=CNC(OC3CCC3)C=C2)ccc1-c1cnccc1C. The number of benzene rings is 1. The average Bonchev–Trinajstić information content (AvgIpc) is 2.65. The Bertz CT molecular complexity index is 849. The molecule has 1 atom stereocenters. The lowest BCUT2D eigenvalue weighted by molar-refractivity contribution is -0.0387. The molecule has 0 spiro atoms. The van der Waals surface area contributed by atoms with Gasteiger partial charge in [-0.3, -0.25) is 4.98 Å². The first kappa shape index (κ1) is 17.0. The summed E-state index contributed by atoms with van der Waals surface area (Å²) in [6.07, 6.45) is 15.3. The van der Waals surface area contributed by atoms with Crippen LogP contribution in [-0.2, 0) is 11.2 Å². The van der Waals surface area contributed by atoms with Crippen LogP contribution < -0.4 is 5.32 Å². The largest absolute Gasteiger partial charge is 0.362 e. The molecule has 134 valence electrons. The lowest BCUT2D eigenvalue weighted by Gasteiger charge is -2.30. The van der Waals surface area contributed by atoms with Crippen LogP contribution in [0.15, 0.2) is 55.0 Å². The van der Waals surface area contributed by atoms with E-state index in [1.54, 1.807) is 0 Å². The Morgan fingerprint density at radius 3 is 2.73 bits per heavy atom. The summed E-state index contributed by atoms with van der Waals surface area (Å²) < 4.78 is 6.00. The summed E-state index contributed by atoms with van der Waals surface area (Å²) in [5, 5.41) is 3.38. The highest BCUT2D eigenvalue weighted by molar-refractivity contribution is 5.78. The fourth-order valence-corrected chi connectivity index (χ4v) is 3.52. The minimum absolute atomic E-state index is 0.00649. The molecule has 1 N–H and O–H groups in total. The highest BCUT2D eigenvalue weighted by Crippen LogP contribution is 2.30. The van der Waals surface area contributed by atoms with Crippen molar-refractivity contribution in [2.75, 3.05) is 0 Å². The highest BCUT2D eigenvalue weighted by Gasteiger charge is 2.22. The van der Waals surface area contributed by atoms with E-state index in [0.717, 1.165) is 6.42 Å². The maximum absolute atomic E-state index is 6.00. The molecule has 4 rings (SSSR count). The zero-order chi connectivity index (χ0) is 17.9. The fraction of sp³-hybridized carbons (Fsp3) is 0.348. The minimum Gasteiger partial charge on any atom is -0.362 e. The molecule has 0 bridgehead atoms. The summed E-state index contributed by atoms with van der Waals surface area (Å²) in [5.41, 5.74) is 7.54. The predicted octanol–water partition coefficient (Wildman–Crippen LogP) is 5.01. The first-order valence-electron chi connectivity index (χ1n) is 9.59. The van der Waals surface area contributed by atoms with E-state index in [9.17, 15) is 0 Å². The number of rotatable bonds is 5. The summed E-state index contributed by atoms with van der Waals surface area (Å²) in [6, 6.07) is 8.80. The van der Waals surface area contributed by atoms with Gasteiger partial charge in [-0.1, -0.05) is 31.2 Å². The van der Waals surface area contributed by atoms with Crippen molar-refractivity contribution >= 4 is 5.57 Å². The van der Waals surface area contributed by atoms with E-state index >= 15 is 0 Å². The van der Waals surface area contributed by atoms with Crippen LogP contribution in [0.4, 0.5) is 0 Å². The van der Waals surface area contributed by atoms with Crippen molar-refractivity contribution in [3.05, 3.63) is 71.7 Å². The average molecular weight is 346 g/mol. The number of allylic oxidation sites excluding steroid dienone is 2. The molecule has 1 aromatic carbocycles. The summed E-state index contributed by atoms with van der Waals surface area (Å²) in [4.78, 5) is 4.31. The molecule has 3 heteroatoms. The Morgan fingerprint density at radius 1 is 1.19 bits per heavy atom. The van der Waals surface area contributed by atoms with Gasteiger partial charge in [0.1, 0.15) is 6.23 Å². The van der Waals surface area contributed by atoms with Crippen LogP contribution in [0.25, 0.3) is 16.7 Å². The molecule has 1 aromatic heterocycles. The van der Waals surface area contributed by atoms with Gasteiger partial charge in [0.05, 0.1) is 6.10 Å². The quantitative estimate of drug-likeness (QED) is 0.826. The topological polar surface area (TPSA) is 34.1 Å². The number of pyridine rings is 1. The molecule has 2 heterocycles. The molecule has 1 aliphatic heterocycles. The first-order chi connectivity index (χ1) is 12.7. The van der Waals surface area contributed by atoms with E-state index in [1.807, 2.05) is 12.4 Å². The first-order valence-corrected chi connectivity index (χ1v) is 9.59. The van der Waals surface area contributed by atoms with Crippen LogP contribution in [-0.4, -0.2) is 17.3 Å². The zero-order valence-electron chi connectivity index (χ0n) is 15.5. The van der Waals surface area contributed by atoms with Gasteiger partial charge in [-0.15, -0.1) is 0 Å². The van der Waals surface area contributed by atoms with Crippen LogP contribution in [0.2, 0.25) is 0 Å². The van der Waals surface area contributed by atoms with Crippen LogP contribution in [0.5, 0.6) is 0 Å². The molecule has 0 saturated heterocycles. The van der Waals surface area contributed by atoms with Gasteiger partial charge in [0.25, 0.3) is 0 Å². The van der Waals surface area contributed by atoms with Gasteiger partial charge < -0.3 is 10.1 Å². The fourth-order valence-electron chi connectivity index (χ4n) is 3.52. The molecule has 2 aromatic rings. The molecule has 2 aliphatic rings. The summed E-state index contributed by atoms with van der Waals surface area (Å²) >= 11 is 0. The maximum Gasteiger partial charge on any atom is 0.147 e. The van der Waals surface area contributed by atoms with Crippen molar-refractivity contribution in [2.24, 2.45) is 0 Å². The molecule has 1 fully saturated rings. The molecule has 0 amide bonds. The number of aromatic nitrogens is 1. The minimum atomic E-state index is 0.00649. The number of aryl methyl sites for hydroxylation is 2. The van der Waals surface area contributed by atoms with E-state index in [-0.39, 0.29) is 6.23 Å². The third-order valence-electron chi connectivity index (χ3n) is 5.39. The van der Waals surface area contributed by atoms with Crippen molar-refractivity contribution in [1.29, 1.82) is 0 Å². The van der Waals surface area contributed by atoms with Crippen molar-refractivity contribution in [2.45, 2.75) is 51.9 Å². The van der Waals surface area contributed by atoms with Gasteiger partial charge in [-0.25, -0.2) is 0 Å². The number of nitrogens with one attached hydrogen (secondary N) is 1. The van der Waals surface area contributed by atoms with Crippen LogP contribution in [0.1, 0.15) is 42.9 Å². The van der Waals surface area contributed by atoms with Gasteiger partial charge in [0, 0.05) is 24.2 Å². The Morgan fingerprint density at radius 2 is 2.08 bits per heavy atom. The Hall–Kier alpha value is -2.39. The van der Waals surface area contributed by atoms with Gasteiger partial charge in [-0.05, 0) is 72.6 Å². The predicted molar refractivity (Wildman–Crippen MR) is 107 cm³/mol. The number of hydrogen-bond donors (Lipinski definition) is 1. The van der Waals surface area contributed by atoms with Gasteiger partial charge in [-0.2, -0.15) is 0 Å². The third kappa shape index (κ3) is 3.45. The van der Waals surface area contributed by atoms with E-state index in [2.05, 4.69) is 66.8 Å². The molecule has 3 nitrogen and oxygen atoms in total. The monoisotopic (exact) mass is 346 g/mol. The van der Waals surface area contributed by atoms with Gasteiger partial charge >= 0.3 is 0 Å². The van der Waals surface area contributed by atoms with Gasteiger partial charge in [0.15, 0.2) is 0 Å². The maximum atomic E-state index is 6.00. The van der Waals surface area contributed by atoms with E-state index < -0.39 is 0 Å². The van der Waals surface area contributed by atoms with E-state index in [1.165, 1.54) is 52.7 Å². The number of hydrogen-bond acceptors (Lipinski definition) is 3. The third-order valence-corrected chi connectivity index (χ3v) is 5.39. The molecular weight excluding hydrogens is 320 g/mol. The van der Waals surface area contributed by atoms with E-state index in [4.69, 9.17) is 4.74 Å². The van der Waals surface area contributed by atoms with Crippen molar-refractivity contribution in [1.82, 2.24) is 10.3 Å². The van der Waals surface area contributed by atoms with Crippen LogP contribution in [0.3, 0.4) is 0 Å². The molecular formula is C23H26N2O. The van der Waals surface area contributed by atoms with Crippen molar-refractivity contribution in [3.63, 3.8) is 0 Å². The number of ether oxygens (including phenoxy) is 1. The standard InChI is InChI=1S/C23H26N2O/c1-3-17-13-18(7-9-21(17)22-15-24-12-11-16(22)2)19-8-10-23(25-14-19)26-20-5-4-6-20/h7-15,20,23,25H,3-6H2,1-2H3. The summed E-state index contributed by atoms with van der Waals surface area (Å²) in [7, 11) is 0.